The van der Waals surface area contributed by atoms with Gasteiger partial charge in [0.15, 0.2) is 0 Å². The highest BCUT2D eigenvalue weighted by Crippen LogP contribution is 2.32. The molecular formula is C21H17F3N2O. The Bertz CT molecular complexity index is 982. The number of alkyl halides is 3. The number of hydrogen-bond acceptors (Lipinski definition) is 2. The third-order valence-electron chi connectivity index (χ3n) is 4.18. The molecule has 3 aromatic carbocycles. The summed E-state index contributed by atoms with van der Waals surface area (Å²) in [6.07, 6.45) is -4.51. The number of aryl methyl sites for hydroxylation is 1. The first-order valence-electron chi connectivity index (χ1n) is 8.20. The number of rotatable bonds is 3. The van der Waals surface area contributed by atoms with Gasteiger partial charge in [-0.15, -0.1) is 0 Å². The monoisotopic (exact) mass is 370 g/mol. The van der Waals surface area contributed by atoms with Crippen molar-refractivity contribution in [2.45, 2.75) is 13.1 Å². The summed E-state index contributed by atoms with van der Waals surface area (Å²) in [4.78, 5) is 12.4. The maximum atomic E-state index is 12.9. The number of nitrogen functional groups attached to an aromatic ring is 1. The Labute approximate surface area is 154 Å². The van der Waals surface area contributed by atoms with Crippen molar-refractivity contribution in [1.29, 1.82) is 0 Å². The molecule has 0 aliphatic carbocycles. The lowest BCUT2D eigenvalue weighted by atomic mass is 9.99. The molecule has 3 nitrogen and oxygen atoms in total. The zero-order chi connectivity index (χ0) is 19.6. The van der Waals surface area contributed by atoms with Crippen LogP contribution in [0.1, 0.15) is 21.5 Å². The lowest BCUT2D eigenvalue weighted by Crippen LogP contribution is -2.15. The van der Waals surface area contributed by atoms with E-state index in [2.05, 4.69) is 5.32 Å². The summed E-state index contributed by atoms with van der Waals surface area (Å²) in [5.41, 5.74) is 8.47. The molecule has 3 aromatic rings. The Morgan fingerprint density at radius 2 is 1.67 bits per heavy atom. The van der Waals surface area contributed by atoms with E-state index >= 15 is 0 Å². The zero-order valence-electron chi connectivity index (χ0n) is 14.5. The molecule has 0 saturated heterocycles. The summed E-state index contributed by atoms with van der Waals surface area (Å²) >= 11 is 0. The van der Waals surface area contributed by atoms with Crippen molar-refractivity contribution in [2.75, 3.05) is 11.1 Å². The number of carbonyl (C=O) groups is 1. The van der Waals surface area contributed by atoms with E-state index < -0.39 is 17.6 Å². The van der Waals surface area contributed by atoms with E-state index in [-0.39, 0.29) is 5.56 Å². The second-order valence-corrected chi connectivity index (χ2v) is 6.15. The normalized spacial score (nSPS) is 11.3. The van der Waals surface area contributed by atoms with E-state index in [4.69, 9.17) is 5.73 Å². The fourth-order valence-corrected chi connectivity index (χ4v) is 2.80. The van der Waals surface area contributed by atoms with Gasteiger partial charge in [-0.3, -0.25) is 4.79 Å². The van der Waals surface area contributed by atoms with Gasteiger partial charge >= 0.3 is 6.18 Å². The van der Waals surface area contributed by atoms with Crippen LogP contribution in [0.2, 0.25) is 0 Å². The van der Waals surface area contributed by atoms with Crippen molar-refractivity contribution in [3.63, 3.8) is 0 Å². The molecule has 0 atom stereocenters. The van der Waals surface area contributed by atoms with Gasteiger partial charge in [-0.2, -0.15) is 13.2 Å². The molecular weight excluding hydrogens is 353 g/mol. The highest BCUT2D eigenvalue weighted by atomic mass is 19.4. The second kappa shape index (κ2) is 7.15. The number of amides is 1. The van der Waals surface area contributed by atoms with Crippen LogP contribution in [-0.4, -0.2) is 5.91 Å². The number of benzene rings is 3. The van der Waals surface area contributed by atoms with E-state index in [0.29, 0.717) is 11.4 Å². The Morgan fingerprint density at radius 1 is 0.963 bits per heavy atom. The van der Waals surface area contributed by atoms with E-state index in [1.807, 2.05) is 37.3 Å². The van der Waals surface area contributed by atoms with Crippen LogP contribution in [0.25, 0.3) is 11.1 Å². The SMILES string of the molecule is Cc1cc(N)c(NC(=O)c2cccc(C(F)(F)F)c2)cc1-c1ccccc1. The van der Waals surface area contributed by atoms with Crippen molar-refractivity contribution in [3.05, 3.63) is 83.4 Å². The maximum absolute atomic E-state index is 12.9. The number of nitrogens with one attached hydrogen (secondary N) is 1. The molecule has 0 aromatic heterocycles. The summed E-state index contributed by atoms with van der Waals surface area (Å²) < 4.78 is 38.6. The van der Waals surface area contributed by atoms with Crippen LogP contribution in [0.4, 0.5) is 24.5 Å². The lowest BCUT2D eigenvalue weighted by molar-refractivity contribution is -0.137. The molecule has 0 bridgehead atoms. The van der Waals surface area contributed by atoms with Crippen molar-refractivity contribution in [3.8, 4) is 11.1 Å². The molecule has 1 amide bonds. The Kier molecular flexibility index (Phi) is 4.90. The van der Waals surface area contributed by atoms with Gasteiger partial charge in [0.25, 0.3) is 5.91 Å². The van der Waals surface area contributed by atoms with Gasteiger partial charge in [0, 0.05) is 5.56 Å². The van der Waals surface area contributed by atoms with Crippen LogP contribution >= 0.6 is 0 Å². The summed E-state index contributed by atoms with van der Waals surface area (Å²) in [7, 11) is 0. The van der Waals surface area contributed by atoms with E-state index in [9.17, 15) is 18.0 Å². The Hall–Kier alpha value is -3.28. The minimum atomic E-state index is -4.51. The standard InChI is InChI=1S/C21H17F3N2O/c1-13-10-18(25)19(12-17(13)14-6-3-2-4-7-14)26-20(27)15-8-5-9-16(11-15)21(22,23)24/h2-12H,25H2,1H3,(H,26,27). The van der Waals surface area contributed by atoms with Crippen molar-refractivity contribution in [2.24, 2.45) is 0 Å². The number of carbonyl (C=O) groups excluding carboxylic acids is 1. The predicted octanol–water partition coefficient (Wildman–Crippen LogP) is 5.52. The fraction of sp³-hybridized carbons (Fsp3) is 0.0952. The van der Waals surface area contributed by atoms with Gasteiger partial charge in [0.1, 0.15) is 0 Å². The minimum absolute atomic E-state index is 0.0916. The molecule has 0 saturated carbocycles. The van der Waals surface area contributed by atoms with Crippen molar-refractivity contribution < 1.29 is 18.0 Å². The van der Waals surface area contributed by atoms with Gasteiger partial charge < -0.3 is 11.1 Å². The van der Waals surface area contributed by atoms with Gasteiger partial charge in [-0.1, -0.05) is 36.4 Å². The molecule has 3 N–H and O–H groups in total. The number of nitrogens with two attached hydrogens (primary N) is 1. The molecule has 6 heteroatoms. The van der Waals surface area contributed by atoms with Crippen LogP contribution in [-0.2, 0) is 6.18 Å². The summed E-state index contributed by atoms with van der Waals surface area (Å²) in [6, 6.07) is 17.3. The van der Waals surface area contributed by atoms with Gasteiger partial charge in [0.05, 0.1) is 16.9 Å². The summed E-state index contributed by atoms with van der Waals surface area (Å²) in [5, 5.41) is 2.61. The topological polar surface area (TPSA) is 55.1 Å². The first kappa shape index (κ1) is 18.5. The minimum Gasteiger partial charge on any atom is -0.397 e. The fourth-order valence-electron chi connectivity index (χ4n) is 2.80. The van der Waals surface area contributed by atoms with Gasteiger partial charge in [-0.05, 0) is 53.9 Å². The Morgan fingerprint density at radius 3 is 2.33 bits per heavy atom. The summed E-state index contributed by atoms with van der Waals surface area (Å²) in [6.45, 7) is 1.90. The van der Waals surface area contributed by atoms with E-state index in [1.54, 1.807) is 12.1 Å². The first-order chi connectivity index (χ1) is 12.8. The highest BCUT2D eigenvalue weighted by molar-refractivity contribution is 6.06. The molecule has 0 aliphatic heterocycles. The van der Waals surface area contributed by atoms with Crippen LogP contribution in [0.3, 0.4) is 0 Å². The molecule has 0 fully saturated rings. The number of halogens is 3. The lowest BCUT2D eigenvalue weighted by Gasteiger charge is -2.14. The molecule has 0 aliphatic rings. The smallest absolute Gasteiger partial charge is 0.397 e. The number of hydrogen-bond donors (Lipinski definition) is 2. The van der Waals surface area contributed by atoms with Crippen molar-refractivity contribution in [1.82, 2.24) is 0 Å². The largest absolute Gasteiger partial charge is 0.416 e. The van der Waals surface area contributed by atoms with Gasteiger partial charge in [-0.25, -0.2) is 0 Å². The van der Waals surface area contributed by atoms with Crippen LogP contribution in [0, 0.1) is 6.92 Å². The predicted molar refractivity (Wildman–Crippen MR) is 100 cm³/mol. The molecule has 27 heavy (non-hydrogen) atoms. The third kappa shape index (κ3) is 4.11. The zero-order valence-corrected chi connectivity index (χ0v) is 14.5. The molecule has 0 unspecified atom stereocenters. The molecule has 0 heterocycles. The van der Waals surface area contributed by atoms with E-state index in [1.165, 1.54) is 12.1 Å². The van der Waals surface area contributed by atoms with Crippen molar-refractivity contribution >= 4 is 17.3 Å². The quantitative estimate of drug-likeness (QED) is 0.597. The Balaban J connectivity index is 1.93. The maximum Gasteiger partial charge on any atom is 0.416 e. The van der Waals surface area contributed by atoms with Crippen LogP contribution < -0.4 is 11.1 Å². The second-order valence-electron chi connectivity index (χ2n) is 6.15. The molecule has 138 valence electrons. The first-order valence-corrected chi connectivity index (χ1v) is 8.20. The third-order valence-corrected chi connectivity index (χ3v) is 4.18. The number of anilines is 2. The average molecular weight is 370 g/mol. The van der Waals surface area contributed by atoms with Crippen LogP contribution in [0.15, 0.2) is 66.7 Å². The highest BCUT2D eigenvalue weighted by Gasteiger charge is 2.30. The average Bonchev–Trinajstić information content (AvgIpc) is 2.64. The summed E-state index contributed by atoms with van der Waals surface area (Å²) in [5.74, 6) is -0.657. The molecule has 0 radical (unpaired) electrons. The molecule has 3 rings (SSSR count). The molecule has 0 spiro atoms. The van der Waals surface area contributed by atoms with E-state index in [0.717, 1.165) is 28.8 Å². The van der Waals surface area contributed by atoms with Gasteiger partial charge in [0.2, 0.25) is 0 Å². The van der Waals surface area contributed by atoms with Crippen LogP contribution in [0.5, 0.6) is 0 Å².